The highest BCUT2D eigenvalue weighted by molar-refractivity contribution is 5.26. The first kappa shape index (κ1) is 15.3. The highest BCUT2D eigenvalue weighted by Gasteiger charge is 2.37. The molecule has 0 amide bonds. The van der Waals surface area contributed by atoms with Crippen molar-refractivity contribution in [2.24, 2.45) is 0 Å². The molecule has 0 spiro atoms. The number of alkyl halides is 3. The third kappa shape index (κ3) is 3.71. The lowest BCUT2D eigenvalue weighted by Crippen LogP contribution is -2.30. The van der Waals surface area contributed by atoms with E-state index in [0.717, 1.165) is 12.1 Å². The number of hydrogen-bond donors (Lipinski definition) is 1. The first-order valence-electron chi connectivity index (χ1n) is 6.41. The van der Waals surface area contributed by atoms with Crippen molar-refractivity contribution in [1.82, 2.24) is 0 Å². The minimum Gasteiger partial charge on any atom is -0.396 e. The van der Waals surface area contributed by atoms with Crippen LogP contribution in [0.5, 0.6) is 0 Å². The van der Waals surface area contributed by atoms with Gasteiger partial charge in [0.25, 0.3) is 0 Å². The van der Waals surface area contributed by atoms with Crippen LogP contribution in [-0.2, 0) is 22.1 Å². The number of ether oxygens (including phenoxy) is 2. The molecule has 0 bridgehead atoms. The van der Waals surface area contributed by atoms with E-state index in [1.54, 1.807) is 13.0 Å². The Hall–Kier alpha value is -1.11. The zero-order valence-corrected chi connectivity index (χ0v) is 11.1. The van der Waals surface area contributed by atoms with Gasteiger partial charge in [-0.05, 0) is 25.0 Å². The fourth-order valence-electron chi connectivity index (χ4n) is 2.30. The van der Waals surface area contributed by atoms with Crippen LogP contribution in [0, 0.1) is 0 Å². The number of rotatable bonds is 4. The maximum atomic E-state index is 12.6. The van der Waals surface area contributed by atoms with Gasteiger partial charge in [0, 0.05) is 13.0 Å². The second kappa shape index (κ2) is 5.71. The van der Waals surface area contributed by atoms with Gasteiger partial charge in [-0.2, -0.15) is 13.2 Å². The van der Waals surface area contributed by atoms with Gasteiger partial charge in [0.2, 0.25) is 0 Å². The summed E-state index contributed by atoms with van der Waals surface area (Å²) in [7, 11) is 0. The molecule has 0 aromatic heterocycles. The summed E-state index contributed by atoms with van der Waals surface area (Å²) in [5.74, 6) is -0.940. The second-order valence-corrected chi connectivity index (χ2v) is 5.07. The molecule has 1 aliphatic heterocycles. The highest BCUT2D eigenvalue weighted by atomic mass is 19.4. The standard InChI is InChI=1S/C14H17F3O3/c1-13(19-9-12(20-13)5-6-18)8-10-3-2-4-11(7-10)14(15,16)17/h2-4,7,12,18H,5-6,8-9H2,1H3. The highest BCUT2D eigenvalue weighted by Crippen LogP contribution is 2.32. The van der Waals surface area contributed by atoms with Crippen molar-refractivity contribution in [3.63, 3.8) is 0 Å². The smallest absolute Gasteiger partial charge is 0.396 e. The Morgan fingerprint density at radius 3 is 2.80 bits per heavy atom. The quantitative estimate of drug-likeness (QED) is 0.926. The Morgan fingerprint density at radius 2 is 2.15 bits per heavy atom. The van der Waals surface area contributed by atoms with E-state index in [0.29, 0.717) is 18.6 Å². The molecule has 6 heteroatoms. The topological polar surface area (TPSA) is 38.7 Å². The van der Waals surface area contributed by atoms with Gasteiger partial charge in [0.15, 0.2) is 5.79 Å². The molecule has 20 heavy (non-hydrogen) atoms. The summed E-state index contributed by atoms with van der Waals surface area (Å²) in [6.07, 6.45) is -3.87. The third-order valence-electron chi connectivity index (χ3n) is 3.22. The van der Waals surface area contributed by atoms with Crippen LogP contribution < -0.4 is 0 Å². The number of aliphatic hydroxyl groups is 1. The summed E-state index contributed by atoms with van der Waals surface area (Å²) >= 11 is 0. The van der Waals surface area contributed by atoms with Crippen LogP contribution in [0.4, 0.5) is 13.2 Å². The molecule has 112 valence electrons. The van der Waals surface area contributed by atoms with Gasteiger partial charge in [-0.1, -0.05) is 18.2 Å². The molecule has 0 saturated carbocycles. The largest absolute Gasteiger partial charge is 0.416 e. The average Bonchev–Trinajstić information content (AvgIpc) is 2.70. The average molecular weight is 290 g/mol. The van der Waals surface area contributed by atoms with Gasteiger partial charge >= 0.3 is 6.18 Å². The molecule has 1 aromatic carbocycles. The van der Waals surface area contributed by atoms with Crippen molar-refractivity contribution in [2.75, 3.05) is 13.2 Å². The Balaban J connectivity index is 2.07. The van der Waals surface area contributed by atoms with Crippen molar-refractivity contribution >= 4 is 0 Å². The molecule has 1 aromatic rings. The summed E-state index contributed by atoms with van der Waals surface area (Å²) in [5.41, 5.74) is -0.171. The minimum atomic E-state index is -4.35. The van der Waals surface area contributed by atoms with Gasteiger partial charge in [0.05, 0.1) is 18.3 Å². The Kier molecular flexibility index (Phi) is 4.36. The van der Waals surface area contributed by atoms with Crippen LogP contribution in [0.2, 0.25) is 0 Å². The number of halogens is 3. The van der Waals surface area contributed by atoms with Gasteiger partial charge in [-0.3, -0.25) is 0 Å². The summed E-state index contributed by atoms with van der Waals surface area (Å²) < 4.78 is 49.1. The molecule has 0 radical (unpaired) electrons. The lowest BCUT2D eigenvalue weighted by Gasteiger charge is -2.23. The Bertz CT molecular complexity index is 461. The van der Waals surface area contributed by atoms with E-state index in [4.69, 9.17) is 14.6 Å². The van der Waals surface area contributed by atoms with Crippen molar-refractivity contribution in [3.05, 3.63) is 35.4 Å². The number of aliphatic hydroxyl groups excluding tert-OH is 1. The first-order chi connectivity index (χ1) is 9.32. The number of hydrogen-bond acceptors (Lipinski definition) is 3. The van der Waals surface area contributed by atoms with Gasteiger partial charge in [-0.15, -0.1) is 0 Å². The molecular formula is C14H17F3O3. The molecule has 1 fully saturated rings. The van der Waals surface area contributed by atoms with E-state index in [2.05, 4.69) is 0 Å². The fraction of sp³-hybridized carbons (Fsp3) is 0.571. The van der Waals surface area contributed by atoms with Crippen molar-refractivity contribution < 1.29 is 27.8 Å². The van der Waals surface area contributed by atoms with Crippen molar-refractivity contribution in [3.8, 4) is 0 Å². The fourth-order valence-corrected chi connectivity index (χ4v) is 2.30. The maximum absolute atomic E-state index is 12.6. The van der Waals surface area contributed by atoms with E-state index < -0.39 is 17.5 Å². The van der Waals surface area contributed by atoms with Crippen LogP contribution in [0.25, 0.3) is 0 Å². The minimum absolute atomic E-state index is 0.00628. The Morgan fingerprint density at radius 1 is 1.40 bits per heavy atom. The van der Waals surface area contributed by atoms with Crippen LogP contribution in [-0.4, -0.2) is 30.2 Å². The zero-order chi connectivity index (χ0) is 14.8. The normalized spacial score (nSPS) is 26.9. The molecule has 2 unspecified atom stereocenters. The zero-order valence-electron chi connectivity index (χ0n) is 11.1. The molecule has 2 atom stereocenters. The summed E-state index contributed by atoms with van der Waals surface area (Å²) in [6, 6.07) is 5.14. The molecule has 1 saturated heterocycles. The Labute approximate surface area is 115 Å². The molecule has 1 aliphatic rings. The predicted molar refractivity (Wildman–Crippen MR) is 66.1 cm³/mol. The summed E-state index contributed by atoms with van der Waals surface area (Å²) in [4.78, 5) is 0. The number of benzene rings is 1. The lowest BCUT2D eigenvalue weighted by molar-refractivity contribution is -0.154. The van der Waals surface area contributed by atoms with Gasteiger partial charge in [-0.25, -0.2) is 0 Å². The van der Waals surface area contributed by atoms with E-state index in [9.17, 15) is 13.2 Å². The van der Waals surface area contributed by atoms with E-state index in [1.165, 1.54) is 6.07 Å². The summed E-state index contributed by atoms with van der Waals surface area (Å²) in [5, 5.41) is 8.85. The third-order valence-corrected chi connectivity index (χ3v) is 3.22. The first-order valence-corrected chi connectivity index (χ1v) is 6.41. The van der Waals surface area contributed by atoms with Crippen LogP contribution in [0.3, 0.4) is 0 Å². The second-order valence-electron chi connectivity index (χ2n) is 5.07. The SMILES string of the molecule is CC1(Cc2cccc(C(F)(F)F)c2)OCC(CCO)O1. The van der Waals surface area contributed by atoms with Crippen LogP contribution in [0.15, 0.2) is 24.3 Å². The molecule has 1 N–H and O–H groups in total. The monoisotopic (exact) mass is 290 g/mol. The van der Waals surface area contributed by atoms with Crippen LogP contribution >= 0.6 is 0 Å². The molecule has 1 heterocycles. The van der Waals surface area contributed by atoms with E-state index in [1.807, 2.05) is 0 Å². The predicted octanol–water partition coefficient (Wildman–Crippen LogP) is 2.76. The molecule has 0 aliphatic carbocycles. The summed E-state index contributed by atoms with van der Waals surface area (Å²) in [6.45, 7) is 2.04. The maximum Gasteiger partial charge on any atom is 0.416 e. The molecule has 2 rings (SSSR count). The van der Waals surface area contributed by atoms with Crippen LogP contribution in [0.1, 0.15) is 24.5 Å². The lowest BCUT2D eigenvalue weighted by atomic mass is 10.0. The van der Waals surface area contributed by atoms with Gasteiger partial charge < -0.3 is 14.6 Å². The molecule has 3 nitrogen and oxygen atoms in total. The van der Waals surface area contributed by atoms with Gasteiger partial charge in [0.1, 0.15) is 0 Å². The van der Waals surface area contributed by atoms with Crippen molar-refractivity contribution in [2.45, 2.75) is 37.8 Å². The van der Waals surface area contributed by atoms with Crippen molar-refractivity contribution in [1.29, 1.82) is 0 Å². The molecular weight excluding hydrogens is 273 g/mol. The van der Waals surface area contributed by atoms with E-state index >= 15 is 0 Å². The van der Waals surface area contributed by atoms with E-state index in [-0.39, 0.29) is 19.1 Å².